The maximum absolute atomic E-state index is 13.5. The zero-order chi connectivity index (χ0) is 19.9. The van der Waals surface area contributed by atoms with Gasteiger partial charge in [0.2, 0.25) is 0 Å². The molecule has 0 aliphatic carbocycles. The molecule has 1 aliphatic rings. The fourth-order valence-corrected chi connectivity index (χ4v) is 2.85. The molecule has 9 heteroatoms. The lowest BCUT2D eigenvalue weighted by Crippen LogP contribution is -2.48. The molecule has 2 atom stereocenters. The van der Waals surface area contributed by atoms with Gasteiger partial charge in [0.15, 0.2) is 0 Å². The minimum absolute atomic E-state index is 0.140. The van der Waals surface area contributed by atoms with Crippen LogP contribution in [-0.2, 0) is 30.4 Å². The number of carboxylic acids is 1. The lowest BCUT2D eigenvalue weighted by Gasteiger charge is -2.41. The molecule has 1 aromatic rings. The molecule has 2 rings (SSSR count). The van der Waals surface area contributed by atoms with Gasteiger partial charge in [-0.15, -0.1) is 0 Å². The molecule has 0 spiro atoms. The minimum atomic E-state index is -4.56. The zero-order valence-corrected chi connectivity index (χ0v) is 14.5. The van der Waals surface area contributed by atoms with E-state index in [4.69, 9.17) is 14.6 Å². The van der Waals surface area contributed by atoms with E-state index in [1.54, 1.807) is 0 Å². The molecule has 150 valence electrons. The van der Waals surface area contributed by atoms with Crippen LogP contribution in [-0.4, -0.2) is 49.1 Å². The summed E-state index contributed by atoms with van der Waals surface area (Å²) in [6.45, 7) is -0.698. The molecular weight excluding hydrogens is 369 g/mol. The molecule has 0 radical (unpaired) electrons. The van der Waals surface area contributed by atoms with Crippen LogP contribution in [0.25, 0.3) is 0 Å². The van der Waals surface area contributed by atoms with E-state index in [1.165, 1.54) is 0 Å². The Hall–Kier alpha value is -2.13. The predicted molar refractivity (Wildman–Crippen MR) is 86.8 cm³/mol. The topological polar surface area (TPSA) is 82.1 Å². The minimum Gasteiger partial charge on any atom is -0.473 e. The van der Waals surface area contributed by atoms with Crippen LogP contribution in [0.3, 0.4) is 0 Å². The summed E-state index contributed by atoms with van der Waals surface area (Å²) in [7, 11) is 0. The third kappa shape index (κ3) is 5.93. The van der Waals surface area contributed by atoms with Gasteiger partial charge in [-0.3, -0.25) is 0 Å². The summed E-state index contributed by atoms with van der Waals surface area (Å²) < 4.78 is 55.8. The smallest absolute Gasteiger partial charge is 0.417 e. The van der Waals surface area contributed by atoms with Crippen molar-refractivity contribution >= 4 is 11.9 Å². The number of benzene rings is 1. The number of hydrogen-bond acceptors (Lipinski definition) is 5. The molecule has 1 aromatic carbocycles. The van der Waals surface area contributed by atoms with Gasteiger partial charge in [-0.25, -0.2) is 9.59 Å². The van der Waals surface area contributed by atoms with Crippen LogP contribution in [0.1, 0.15) is 24.8 Å². The average molecular weight is 390 g/mol. The Morgan fingerprint density at radius 2 is 1.96 bits per heavy atom. The maximum Gasteiger partial charge on any atom is 0.417 e. The van der Waals surface area contributed by atoms with Gasteiger partial charge >= 0.3 is 18.1 Å². The number of esters is 1. The molecule has 0 bridgehead atoms. The van der Waals surface area contributed by atoms with Crippen molar-refractivity contribution in [2.45, 2.75) is 38.1 Å². The second-order valence-electron chi connectivity index (χ2n) is 6.44. The highest BCUT2D eigenvalue weighted by Crippen LogP contribution is 2.48. The first-order valence-corrected chi connectivity index (χ1v) is 8.43. The van der Waals surface area contributed by atoms with Crippen molar-refractivity contribution in [2.75, 3.05) is 19.8 Å². The summed E-state index contributed by atoms with van der Waals surface area (Å²) in [4.78, 5) is 21.2. The second-order valence-corrected chi connectivity index (χ2v) is 6.44. The normalized spacial score (nSPS) is 23.0. The van der Waals surface area contributed by atoms with E-state index in [9.17, 15) is 22.8 Å². The van der Waals surface area contributed by atoms with E-state index in [0.717, 1.165) is 5.56 Å². The SMILES string of the molecule is O=C(O)C(=O)OCCC1(C(F)(F)F)CCC(COCc2ccccc2)OC1. The van der Waals surface area contributed by atoms with E-state index >= 15 is 0 Å². The third-order valence-electron chi connectivity index (χ3n) is 4.55. The van der Waals surface area contributed by atoms with Crippen molar-refractivity contribution in [1.82, 2.24) is 0 Å². The van der Waals surface area contributed by atoms with Gasteiger partial charge in [0, 0.05) is 0 Å². The highest BCUT2D eigenvalue weighted by molar-refractivity contribution is 6.28. The van der Waals surface area contributed by atoms with Crippen LogP contribution in [0, 0.1) is 5.41 Å². The Morgan fingerprint density at radius 1 is 1.26 bits per heavy atom. The van der Waals surface area contributed by atoms with Crippen molar-refractivity contribution in [3.63, 3.8) is 0 Å². The van der Waals surface area contributed by atoms with Crippen molar-refractivity contribution in [2.24, 2.45) is 5.41 Å². The lowest BCUT2D eigenvalue weighted by atomic mass is 9.77. The summed E-state index contributed by atoms with van der Waals surface area (Å²) in [5, 5.41) is 8.41. The van der Waals surface area contributed by atoms with Crippen LogP contribution >= 0.6 is 0 Å². The molecule has 27 heavy (non-hydrogen) atoms. The molecule has 1 fully saturated rings. The van der Waals surface area contributed by atoms with E-state index in [1.807, 2.05) is 30.3 Å². The Morgan fingerprint density at radius 3 is 2.52 bits per heavy atom. The summed E-state index contributed by atoms with van der Waals surface area (Å²) >= 11 is 0. The number of ether oxygens (including phenoxy) is 3. The first-order valence-electron chi connectivity index (χ1n) is 8.43. The number of rotatable bonds is 7. The molecule has 6 nitrogen and oxygen atoms in total. The Bertz CT molecular complexity index is 624. The Kier molecular flexibility index (Phi) is 7.20. The maximum atomic E-state index is 13.5. The number of carbonyl (C=O) groups excluding carboxylic acids is 1. The Labute approximate surface area is 154 Å². The van der Waals surface area contributed by atoms with E-state index in [-0.39, 0.29) is 19.4 Å². The largest absolute Gasteiger partial charge is 0.473 e. The number of halogens is 3. The fraction of sp³-hybridized carbons (Fsp3) is 0.556. The monoisotopic (exact) mass is 390 g/mol. The van der Waals surface area contributed by atoms with Gasteiger partial charge in [-0.2, -0.15) is 13.2 Å². The molecule has 1 saturated heterocycles. The first kappa shape index (κ1) is 21.2. The fourth-order valence-electron chi connectivity index (χ4n) is 2.85. The lowest BCUT2D eigenvalue weighted by molar-refractivity contribution is -0.269. The molecule has 1 aliphatic heterocycles. The summed E-state index contributed by atoms with van der Waals surface area (Å²) in [5.74, 6) is -3.41. The van der Waals surface area contributed by atoms with Crippen LogP contribution in [0.2, 0.25) is 0 Å². The van der Waals surface area contributed by atoms with Gasteiger partial charge in [-0.1, -0.05) is 30.3 Å². The number of alkyl halides is 3. The number of carboxylic acid groups (broad SMARTS) is 1. The van der Waals surface area contributed by atoms with Crippen molar-refractivity contribution < 1.29 is 42.1 Å². The molecule has 1 heterocycles. The van der Waals surface area contributed by atoms with Crippen molar-refractivity contribution in [3.05, 3.63) is 35.9 Å². The molecule has 1 N–H and O–H groups in total. The second kappa shape index (κ2) is 9.18. The van der Waals surface area contributed by atoms with Crippen molar-refractivity contribution in [3.8, 4) is 0 Å². The van der Waals surface area contributed by atoms with Gasteiger partial charge in [-0.05, 0) is 24.8 Å². The quantitative estimate of drug-likeness (QED) is 0.570. The molecule has 0 amide bonds. The summed E-state index contributed by atoms with van der Waals surface area (Å²) in [6.07, 6.45) is -5.63. The predicted octanol–water partition coefficient (Wildman–Crippen LogP) is 2.95. The Balaban J connectivity index is 1.82. The van der Waals surface area contributed by atoms with Gasteiger partial charge in [0.05, 0.1) is 37.9 Å². The van der Waals surface area contributed by atoms with Gasteiger partial charge in [0.25, 0.3) is 0 Å². The van der Waals surface area contributed by atoms with E-state index in [0.29, 0.717) is 6.61 Å². The first-order chi connectivity index (χ1) is 12.7. The van der Waals surface area contributed by atoms with Crippen LogP contribution in [0.5, 0.6) is 0 Å². The third-order valence-corrected chi connectivity index (χ3v) is 4.55. The number of hydrogen-bond donors (Lipinski definition) is 1. The highest BCUT2D eigenvalue weighted by Gasteiger charge is 2.56. The van der Waals surface area contributed by atoms with Crippen molar-refractivity contribution in [1.29, 1.82) is 0 Å². The molecular formula is C18H21F3O6. The highest BCUT2D eigenvalue weighted by atomic mass is 19.4. The average Bonchev–Trinajstić information content (AvgIpc) is 2.63. The number of carbonyl (C=O) groups is 2. The zero-order valence-electron chi connectivity index (χ0n) is 14.5. The van der Waals surface area contributed by atoms with E-state index < -0.39 is 49.3 Å². The summed E-state index contributed by atoms with van der Waals surface area (Å²) in [6, 6.07) is 9.37. The van der Waals surface area contributed by atoms with Crippen LogP contribution in [0.15, 0.2) is 30.3 Å². The van der Waals surface area contributed by atoms with E-state index in [2.05, 4.69) is 4.74 Å². The molecule has 2 unspecified atom stereocenters. The van der Waals surface area contributed by atoms with Crippen LogP contribution in [0.4, 0.5) is 13.2 Å². The number of aliphatic carboxylic acids is 1. The van der Waals surface area contributed by atoms with Crippen LogP contribution < -0.4 is 0 Å². The standard InChI is InChI=1S/C18H21F3O6/c19-18(20,21)17(8-9-26-16(24)15(22)23)7-6-14(27-12-17)11-25-10-13-4-2-1-3-5-13/h1-5,14H,6-12H2,(H,22,23). The molecule has 0 aromatic heterocycles. The van der Waals surface area contributed by atoms with Gasteiger partial charge in [0.1, 0.15) is 0 Å². The summed E-state index contributed by atoms with van der Waals surface area (Å²) in [5.41, 5.74) is -1.21. The molecule has 0 saturated carbocycles. The van der Waals surface area contributed by atoms with Gasteiger partial charge < -0.3 is 19.3 Å².